The summed E-state index contributed by atoms with van der Waals surface area (Å²) in [5.41, 5.74) is 3.54. The number of thioether (sulfide) groups is 1. The van der Waals surface area contributed by atoms with Crippen molar-refractivity contribution in [3.63, 3.8) is 0 Å². The van der Waals surface area contributed by atoms with Gasteiger partial charge < -0.3 is 5.32 Å². The average Bonchev–Trinajstić information content (AvgIpc) is 2.94. The Bertz CT molecular complexity index is 672. The van der Waals surface area contributed by atoms with Crippen molar-refractivity contribution in [1.29, 1.82) is 0 Å². The first kappa shape index (κ1) is 14.1. The van der Waals surface area contributed by atoms with Crippen molar-refractivity contribution in [2.45, 2.75) is 24.2 Å². The number of fused-ring (bicyclic) bond motifs is 1. The Labute approximate surface area is 127 Å². The fourth-order valence-electron chi connectivity index (χ4n) is 2.55. The molecule has 2 aromatic carbocycles. The Morgan fingerprint density at radius 3 is 2.81 bits per heavy atom. The van der Waals surface area contributed by atoms with Gasteiger partial charge in [-0.25, -0.2) is 4.39 Å². The van der Waals surface area contributed by atoms with E-state index in [4.69, 9.17) is 0 Å². The number of benzene rings is 2. The summed E-state index contributed by atoms with van der Waals surface area (Å²) in [5.74, 6) is -0.188. The third kappa shape index (κ3) is 3.45. The number of carbonyl (C=O) groups excluding carboxylic acids is 1. The van der Waals surface area contributed by atoms with Crippen molar-refractivity contribution in [2.24, 2.45) is 0 Å². The molecule has 0 saturated heterocycles. The maximum Gasteiger partial charge on any atom is 0.234 e. The summed E-state index contributed by atoms with van der Waals surface area (Å²) in [6.45, 7) is 0. The van der Waals surface area contributed by atoms with Gasteiger partial charge in [-0.15, -0.1) is 11.8 Å². The lowest BCUT2D eigenvalue weighted by Crippen LogP contribution is -2.14. The largest absolute Gasteiger partial charge is 0.325 e. The highest BCUT2D eigenvalue weighted by molar-refractivity contribution is 8.00. The SMILES string of the molecule is O=C(CSc1ccccc1F)Nc1ccc2c(c1)CCC2. The number of nitrogens with one attached hydrogen (secondary N) is 1. The number of carbonyl (C=O) groups is 1. The molecule has 1 aliphatic rings. The lowest BCUT2D eigenvalue weighted by atomic mass is 10.1. The highest BCUT2D eigenvalue weighted by Gasteiger charge is 2.12. The Morgan fingerprint density at radius 1 is 1.14 bits per heavy atom. The van der Waals surface area contributed by atoms with Crippen LogP contribution >= 0.6 is 11.8 Å². The molecule has 0 spiro atoms. The molecule has 2 nitrogen and oxygen atoms in total. The van der Waals surface area contributed by atoms with Gasteiger partial charge in [0.15, 0.2) is 0 Å². The van der Waals surface area contributed by atoms with Crippen molar-refractivity contribution in [3.8, 4) is 0 Å². The maximum atomic E-state index is 13.5. The van der Waals surface area contributed by atoms with E-state index in [0.29, 0.717) is 4.90 Å². The standard InChI is InChI=1S/C17H16FNOS/c18-15-6-1-2-7-16(15)21-11-17(20)19-14-9-8-12-4-3-5-13(12)10-14/h1-2,6-10H,3-5,11H2,(H,19,20). The Balaban J connectivity index is 1.58. The Morgan fingerprint density at radius 2 is 1.95 bits per heavy atom. The second kappa shape index (κ2) is 6.31. The first-order chi connectivity index (χ1) is 10.2. The van der Waals surface area contributed by atoms with E-state index in [0.717, 1.165) is 18.5 Å². The smallest absolute Gasteiger partial charge is 0.234 e. The minimum absolute atomic E-state index is 0.110. The lowest BCUT2D eigenvalue weighted by Gasteiger charge is -2.07. The second-order valence-corrected chi connectivity index (χ2v) is 6.12. The molecule has 1 aliphatic carbocycles. The van der Waals surface area contributed by atoms with E-state index in [1.54, 1.807) is 18.2 Å². The van der Waals surface area contributed by atoms with Crippen LogP contribution in [0.5, 0.6) is 0 Å². The first-order valence-corrected chi connectivity index (χ1v) is 8.00. The molecule has 0 atom stereocenters. The molecule has 1 N–H and O–H groups in total. The molecule has 0 unspecified atom stereocenters. The van der Waals surface area contributed by atoms with Gasteiger partial charge >= 0.3 is 0 Å². The zero-order chi connectivity index (χ0) is 14.7. The highest BCUT2D eigenvalue weighted by atomic mass is 32.2. The van der Waals surface area contributed by atoms with Crippen LogP contribution in [0.25, 0.3) is 0 Å². The Kier molecular flexibility index (Phi) is 4.25. The molecule has 0 saturated carbocycles. The predicted molar refractivity (Wildman–Crippen MR) is 84.2 cm³/mol. The molecule has 0 heterocycles. The first-order valence-electron chi connectivity index (χ1n) is 7.01. The fourth-order valence-corrected chi connectivity index (χ4v) is 3.29. The van der Waals surface area contributed by atoms with Gasteiger partial charge in [-0.2, -0.15) is 0 Å². The normalized spacial score (nSPS) is 13.0. The molecule has 4 heteroatoms. The number of hydrogen-bond donors (Lipinski definition) is 1. The summed E-state index contributed by atoms with van der Waals surface area (Å²) in [7, 11) is 0. The van der Waals surface area contributed by atoms with Gasteiger partial charge in [0.05, 0.1) is 5.75 Å². The monoisotopic (exact) mass is 301 g/mol. The van der Waals surface area contributed by atoms with E-state index >= 15 is 0 Å². The Hall–Kier alpha value is -1.81. The van der Waals surface area contributed by atoms with Crippen LogP contribution in [0, 0.1) is 5.82 Å². The van der Waals surface area contributed by atoms with E-state index in [1.165, 1.54) is 35.4 Å². The summed E-state index contributed by atoms with van der Waals surface area (Å²) in [6, 6.07) is 12.6. The average molecular weight is 301 g/mol. The summed E-state index contributed by atoms with van der Waals surface area (Å²) in [4.78, 5) is 12.4. The molecule has 0 bridgehead atoms. The van der Waals surface area contributed by atoms with Gasteiger partial charge in [0.1, 0.15) is 5.82 Å². The van der Waals surface area contributed by atoms with Gasteiger partial charge in [0.25, 0.3) is 0 Å². The van der Waals surface area contributed by atoms with E-state index < -0.39 is 0 Å². The van der Waals surface area contributed by atoms with Gasteiger partial charge in [-0.3, -0.25) is 4.79 Å². The van der Waals surface area contributed by atoms with Crippen molar-refractivity contribution in [2.75, 3.05) is 11.1 Å². The molecule has 0 fully saturated rings. The van der Waals surface area contributed by atoms with Crippen LogP contribution in [0.3, 0.4) is 0 Å². The minimum Gasteiger partial charge on any atom is -0.325 e. The lowest BCUT2D eigenvalue weighted by molar-refractivity contribution is -0.113. The van der Waals surface area contributed by atoms with E-state index in [2.05, 4.69) is 11.4 Å². The van der Waals surface area contributed by atoms with Crippen LogP contribution < -0.4 is 5.32 Å². The van der Waals surface area contributed by atoms with Crippen molar-refractivity contribution in [3.05, 3.63) is 59.4 Å². The van der Waals surface area contributed by atoms with Gasteiger partial charge in [-0.05, 0) is 54.7 Å². The van der Waals surface area contributed by atoms with Gasteiger partial charge in [0.2, 0.25) is 5.91 Å². The molecule has 108 valence electrons. The third-order valence-corrected chi connectivity index (χ3v) is 4.63. The molecule has 1 amide bonds. The van der Waals surface area contributed by atoms with Crippen LogP contribution in [-0.2, 0) is 17.6 Å². The van der Waals surface area contributed by atoms with Crippen molar-refractivity contribution in [1.82, 2.24) is 0 Å². The quantitative estimate of drug-likeness (QED) is 0.863. The maximum absolute atomic E-state index is 13.5. The van der Waals surface area contributed by atoms with Crippen LogP contribution in [0.4, 0.5) is 10.1 Å². The topological polar surface area (TPSA) is 29.1 Å². The zero-order valence-electron chi connectivity index (χ0n) is 11.6. The third-order valence-electron chi connectivity index (χ3n) is 3.58. The second-order valence-electron chi connectivity index (χ2n) is 5.10. The highest BCUT2D eigenvalue weighted by Crippen LogP contribution is 2.25. The molecule has 0 aromatic heterocycles. The molecule has 2 aromatic rings. The van der Waals surface area contributed by atoms with Gasteiger partial charge in [-0.1, -0.05) is 18.2 Å². The van der Waals surface area contributed by atoms with Crippen LogP contribution in [0.1, 0.15) is 17.5 Å². The number of halogens is 1. The molecule has 0 radical (unpaired) electrons. The number of rotatable bonds is 4. The van der Waals surface area contributed by atoms with E-state index in [-0.39, 0.29) is 17.5 Å². The molecular formula is C17H16FNOS. The summed E-state index contributed by atoms with van der Waals surface area (Å²) >= 11 is 1.21. The predicted octanol–water partition coefficient (Wildman–Crippen LogP) is 4.05. The molecule has 21 heavy (non-hydrogen) atoms. The number of anilines is 1. The fraction of sp³-hybridized carbons (Fsp3) is 0.235. The summed E-state index contributed by atoms with van der Waals surface area (Å²) < 4.78 is 13.5. The summed E-state index contributed by atoms with van der Waals surface area (Å²) in [6.07, 6.45) is 3.41. The van der Waals surface area contributed by atoms with E-state index in [1.807, 2.05) is 12.1 Å². The minimum atomic E-state index is -0.284. The van der Waals surface area contributed by atoms with Crippen molar-refractivity contribution < 1.29 is 9.18 Å². The summed E-state index contributed by atoms with van der Waals surface area (Å²) in [5, 5.41) is 2.88. The molecular weight excluding hydrogens is 285 g/mol. The van der Waals surface area contributed by atoms with Gasteiger partial charge in [0, 0.05) is 10.6 Å². The molecule has 0 aliphatic heterocycles. The number of hydrogen-bond acceptors (Lipinski definition) is 2. The number of amides is 1. The zero-order valence-corrected chi connectivity index (χ0v) is 12.4. The van der Waals surface area contributed by atoms with Crippen molar-refractivity contribution >= 4 is 23.4 Å². The van der Waals surface area contributed by atoms with Crippen LogP contribution in [0.2, 0.25) is 0 Å². The van der Waals surface area contributed by atoms with E-state index in [9.17, 15) is 9.18 Å². The molecule has 3 rings (SSSR count). The van der Waals surface area contributed by atoms with Crippen LogP contribution in [-0.4, -0.2) is 11.7 Å². The number of aryl methyl sites for hydroxylation is 2. The van der Waals surface area contributed by atoms with Crippen LogP contribution in [0.15, 0.2) is 47.4 Å².